The zero-order chi connectivity index (χ0) is 13.4. The fraction of sp³-hybridized carbons (Fsp3) is 0.154. The predicted octanol–water partition coefficient (Wildman–Crippen LogP) is 2.11. The van der Waals surface area contributed by atoms with E-state index in [-0.39, 0.29) is 11.8 Å². The Bertz CT molecular complexity index is 649. The number of hydrogen-bond acceptors (Lipinski definition) is 5. The summed E-state index contributed by atoms with van der Waals surface area (Å²) in [5.41, 5.74) is 2.35. The number of methoxy groups -OCH3 is 1. The van der Waals surface area contributed by atoms with Gasteiger partial charge in [-0.25, -0.2) is 4.99 Å². The first-order chi connectivity index (χ1) is 9.17. The Morgan fingerprint density at radius 1 is 1.32 bits per heavy atom. The highest BCUT2D eigenvalue weighted by atomic mass is 16.5. The minimum absolute atomic E-state index is 0.0820. The molecule has 1 aliphatic heterocycles. The van der Waals surface area contributed by atoms with Crippen LogP contribution in [0.4, 0.5) is 11.4 Å². The minimum atomic E-state index is -0.0825. The van der Waals surface area contributed by atoms with Crippen molar-refractivity contribution in [1.29, 1.82) is 0 Å². The van der Waals surface area contributed by atoms with Crippen LogP contribution in [-0.2, 0) is 6.54 Å². The molecule has 0 unspecified atom stereocenters. The summed E-state index contributed by atoms with van der Waals surface area (Å²) in [6.45, 7) is 0.563. The molecule has 0 atom stereocenters. The van der Waals surface area contributed by atoms with Gasteiger partial charge in [0, 0.05) is 12.1 Å². The molecule has 2 aromatic rings. The van der Waals surface area contributed by atoms with Crippen molar-refractivity contribution >= 4 is 17.7 Å². The van der Waals surface area contributed by atoms with Gasteiger partial charge in [0.1, 0.15) is 11.4 Å². The van der Waals surface area contributed by atoms with Crippen LogP contribution in [0.1, 0.15) is 5.56 Å². The van der Waals surface area contributed by atoms with Gasteiger partial charge in [-0.2, -0.15) is 0 Å². The molecule has 3 rings (SSSR count). The number of aliphatic imine (C=N–C) groups is 1. The molecule has 19 heavy (non-hydrogen) atoms. The van der Waals surface area contributed by atoms with E-state index in [1.54, 1.807) is 18.3 Å². The summed E-state index contributed by atoms with van der Waals surface area (Å²) in [6.07, 6.45) is 1.62. The molecule has 1 aliphatic rings. The van der Waals surface area contributed by atoms with Crippen LogP contribution in [0.5, 0.6) is 17.5 Å². The number of aromatic nitrogens is 1. The summed E-state index contributed by atoms with van der Waals surface area (Å²) in [7, 11) is 1.61. The van der Waals surface area contributed by atoms with Gasteiger partial charge in [-0.05, 0) is 11.6 Å². The van der Waals surface area contributed by atoms with Crippen molar-refractivity contribution in [1.82, 2.24) is 4.98 Å². The standard InChI is InChI=1S/C13H13N3O3/c1-19-9-3-2-8-6-16(7-14-10(8)4-9)11-5-12(17)15-13(11)18/h2-5,7,15,17-18H,6H2,1H3. The van der Waals surface area contributed by atoms with Gasteiger partial charge in [-0.1, -0.05) is 6.07 Å². The Labute approximate surface area is 109 Å². The fourth-order valence-corrected chi connectivity index (χ4v) is 2.07. The van der Waals surface area contributed by atoms with E-state index in [0.717, 1.165) is 17.0 Å². The van der Waals surface area contributed by atoms with Crippen molar-refractivity contribution in [3.05, 3.63) is 29.8 Å². The molecule has 1 aromatic heterocycles. The van der Waals surface area contributed by atoms with Gasteiger partial charge < -0.3 is 19.8 Å². The van der Waals surface area contributed by atoms with Crippen molar-refractivity contribution in [2.45, 2.75) is 6.54 Å². The first-order valence-corrected chi connectivity index (χ1v) is 5.76. The van der Waals surface area contributed by atoms with Crippen LogP contribution < -0.4 is 9.64 Å². The molecule has 0 radical (unpaired) electrons. The molecular formula is C13H13N3O3. The topological polar surface area (TPSA) is 81.1 Å². The highest BCUT2D eigenvalue weighted by Gasteiger charge is 2.18. The maximum absolute atomic E-state index is 9.67. The summed E-state index contributed by atoms with van der Waals surface area (Å²) < 4.78 is 5.15. The largest absolute Gasteiger partial charge is 0.497 e. The number of aromatic hydroxyl groups is 2. The lowest BCUT2D eigenvalue weighted by molar-refractivity contribution is 0.414. The van der Waals surface area contributed by atoms with Crippen molar-refractivity contribution in [2.75, 3.05) is 12.0 Å². The van der Waals surface area contributed by atoms with Crippen molar-refractivity contribution in [2.24, 2.45) is 4.99 Å². The molecule has 2 heterocycles. The molecule has 0 fully saturated rings. The molecule has 6 heteroatoms. The third kappa shape index (κ3) is 1.97. The molecule has 0 saturated carbocycles. The second-order valence-electron chi connectivity index (χ2n) is 4.26. The summed E-state index contributed by atoms with van der Waals surface area (Å²) in [4.78, 5) is 8.51. The monoisotopic (exact) mass is 259 g/mol. The van der Waals surface area contributed by atoms with Crippen LogP contribution in [0.15, 0.2) is 29.3 Å². The number of nitrogens with one attached hydrogen (secondary N) is 1. The molecule has 1 aromatic carbocycles. The smallest absolute Gasteiger partial charge is 0.215 e. The van der Waals surface area contributed by atoms with E-state index < -0.39 is 0 Å². The number of hydrogen-bond donors (Lipinski definition) is 3. The first-order valence-electron chi connectivity index (χ1n) is 5.76. The first kappa shape index (κ1) is 11.5. The highest BCUT2D eigenvalue weighted by Crippen LogP contribution is 2.35. The molecule has 3 N–H and O–H groups in total. The number of anilines is 1. The lowest BCUT2D eigenvalue weighted by Crippen LogP contribution is -2.22. The molecule has 98 valence electrons. The SMILES string of the molecule is COc1ccc2c(c1)N=CN(c1cc(O)[nH]c1O)C2. The van der Waals surface area contributed by atoms with E-state index in [9.17, 15) is 10.2 Å². The van der Waals surface area contributed by atoms with Crippen molar-refractivity contribution in [3.8, 4) is 17.5 Å². The predicted molar refractivity (Wildman–Crippen MR) is 71.5 cm³/mol. The number of fused-ring (bicyclic) bond motifs is 1. The molecule has 6 nitrogen and oxygen atoms in total. The van der Waals surface area contributed by atoms with Crippen LogP contribution >= 0.6 is 0 Å². The lowest BCUT2D eigenvalue weighted by Gasteiger charge is -2.23. The molecule has 0 spiro atoms. The van der Waals surface area contributed by atoms with E-state index in [2.05, 4.69) is 9.98 Å². The quantitative estimate of drug-likeness (QED) is 0.771. The van der Waals surface area contributed by atoms with Gasteiger partial charge in [0.2, 0.25) is 5.88 Å². The van der Waals surface area contributed by atoms with Crippen LogP contribution in [0.2, 0.25) is 0 Å². The van der Waals surface area contributed by atoms with Crippen molar-refractivity contribution in [3.63, 3.8) is 0 Å². The summed E-state index contributed by atoms with van der Waals surface area (Å²) in [6, 6.07) is 7.11. The number of benzene rings is 1. The third-order valence-corrected chi connectivity index (χ3v) is 3.04. The molecule has 0 aliphatic carbocycles. The molecular weight excluding hydrogens is 246 g/mol. The van der Waals surface area contributed by atoms with E-state index in [0.29, 0.717) is 12.2 Å². The Balaban J connectivity index is 1.93. The number of H-pyrrole nitrogens is 1. The molecule has 0 amide bonds. The normalized spacial score (nSPS) is 13.4. The Hall–Kier alpha value is -2.63. The Kier molecular flexibility index (Phi) is 2.56. The molecule has 0 saturated heterocycles. The van der Waals surface area contributed by atoms with E-state index >= 15 is 0 Å². The van der Waals surface area contributed by atoms with E-state index in [1.165, 1.54) is 6.07 Å². The number of rotatable bonds is 2. The van der Waals surface area contributed by atoms with Crippen molar-refractivity contribution < 1.29 is 14.9 Å². The van der Waals surface area contributed by atoms with E-state index in [4.69, 9.17) is 4.74 Å². The second-order valence-corrected chi connectivity index (χ2v) is 4.26. The van der Waals surface area contributed by atoms with Gasteiger partial charge in [-0.3, -0.25) is 4.98 Å². The summed E-state index contributed by atoms with van der Waals surface area (Å²) in [5, 5.41) is 19.0. The van der Waals surface area contributed by atoms with Gasteiger partial charge in [0.05, 0.1) is 25.7 Å². The lowest BCUT2D eigenvalue weighted by atomic mass is 10.1. The fourth-order valence-electron chi connectivity index (χ4n) is 2.07. The minimum Gasteiger partial charge on any atom is -0.497 e. The summed E-state index contributed by atoms with van der Waals surface area (Å²) in [5.74, 6) is 0.592. The molecule has 0 bridgehead atoms. The van der Waals surface area contributed by atoms with Crippen LogP contribution in [0, 0.1) is 0 Å². The van der Waals surface area contributed by atoms with E-state index in [1.807, 2.05) is 18.2 Å². The van der Waals surface area contributed by atoms with Gasteiger partial charge >= 0.3 is 0 Å². The van der Waals surface area contributed by atoms with Gasteiger partial charge in [-0.15, -0.1) is 0 Å². The number of aromatic amines is 1. The highest BCUT2D eigenvalue weighted by molar-refractivity contribution is 5.86. The Morgan fingerprint density at radius 2 is 2.16 bits per heavy atom. The summed E-state index contributed by atoms with van der Waals surface area (Å²) >= 11 is 0. The van der Waals surface area contributed by atoms with Crippen LogP contribution in [0.3, 0.4) is 0 Å². The third-order valence-electron chi connectivity index (χ3n) is 3.04. The maximum Gasteiger partial charge on any atom is 0.215 e. The number of ether oxygens (including phenoxy) is 1. The second kappa shape index (κ2) is 4.24. The average molecular weight is 259 g/mol. The van der Waals surface area contributed by atoms with Gasteiger partial charge in [0.15, 0.2) is 5.88 Å². The van der Waals surface area contributed by atoms with Crippen LogP contribution in [-0.4, -0.2) is 28.6 Å². The maximum atomic E-state index is 9.67. The Morgan fingerprint density at radius 3 is 2.84 bits per heavy atom. The zero-order valence-electron chi connectivity index (χ0n) is 10.3. The average Bonchev–Trinajstić information content (AvgIpc) is 2.76. The number of nitrogens with zero attached hydrogens (tertiary/aromatic N) is 2. The van der Waals surface area contributed by atoms with Crippen LogP contribution in [0.25, 0.3) is 0 Å². The zero-order valence-corrected chi connectivity index (χ0v) is 10.3. The van der Waals surface area contributed by atoms with Gasteiger partial charge in [0.25, 0.3) is 0 Å².